The molecule has 0 aromatic carbocycles. The summed E-state index contributed by atoms with van der Waals surface area (Å²) in [5, 5.41) is 3.23. The number of hydrogen-bond donors (Lipinski definition) is 1. The standard InChI is InChI=1S/C9H13N3O/c1-7-11-5-8(13-7)6-12-9-3-2-4-10-9/h5H,2-4,6H2,1H3,(H,10,12). The van der Waals surface area contributed by atoms with Crippen LogP contribution in [0.1, 0.15) is 24.5 Å². The van der Waals surface area contributed by atoms with Crippen molar-refractivity contribution in [1.82, 2.24) is 10.3 Å². The third-order valence-electron chi connectivity index (χ3n) is 2.01. The number of aryl methyl sites for hydroxylation is 1. The molecule has 0 bridgehead atoms. The molecule has 0 atom stereocenters. The normalized spacial score (nSPS) is 15.9. The van der Waals surface area contributed by atoms with E-state index in [2.05, 4.69) is 15.3 Å². The molecule has 0 spiro atoms. The molecule has 4 nitrogen and oxygen atoms in total. The van der Waals surface area contributed by atoms with Crippen molar-refractivity contribution in [1.29, 1.82) is 0 Å². The summed E-state index contributed by atoms with van der Waals surface area (Å²) >= 11 is 0. The van der Waals surface area contributed by atoms with Gasteiger partial charge < -0.3 is 9.73 Å². The van der Waals surface area contributed by atoms with Gasteiger partial charge in [-0.2, -0.15) is 0 Å². The molecule has 0 unspecified atom stereocenters. The first-order valence-electron chi connectivity index (χ1n) is 4.53. The summed E-state index contributed by atoms with van der Waals surface area (Å²) in [5.41, 5.74) is 0. The van der Waals surface area contributed by atoms with Crippen LogP contribution >= 0.6 is 0 Å². The second-order valence-corrected chi connectivity index (χ2v) is 3.13. The second kappa shape index (κ2) is 3.60. The molecule has 0 fully saturated rings. The highest BCUT2D eigenvalue weighted by Crippen LogP contribution is 2.04. The van der Waals surface area contributed by atoms with Gasteiger partial charge in [0.15, 0.2) is 5.89 Å². The highest BCUT2D eigenvalue weighted by atomic mass is 16.4. The summed E-state index contributed by atoms with van der Waals surface area (Å²) in [6.45, 7) is 3.49. The van der Waals surface area contributed by atoms with E-state index < -0.39 is 0 Å². The molecule has 0 amide bonds. The fourth-order valence-corrected chi connectivity index (χ4v) is 1.36. The number of hydrogen-bond acceptors (Lipinski definition) is 4. The van der Waals surface area contributed by atoms with Gasteiger partial charge in [0.2, 0.25) is 0 Å². The Morgan fingerprint density at radius 3 is 3.15 bits per heavy atom. The zero-order valence-electron chi connectivity index (χ0n) is 7.71. The first-order valence-corrected chi connectivity index (χ1v) is 4.53. The fraction of sp³-hybridized carbons (Fsp3) is 0.556. The van der Waals surface area contributed by atoms with Crippen LogP contribution in [-0.4, -0.2) is 17.4 Å². The maximum atomic E-state index is 5.31. The van der Waals surface area contributed by atoms with E-state index >= 15 is 0 Å². The van der Waals surface area contributed by atoms with Gasteiger partial charge in [0, 0.05) is 19.9 Å². The smallest absolute Gasteiger partial charge is 0.191 e. The Hall–Kier alpha value is -1.32. The fourth-order valence-electron chi connectivity index (χ4n) is 1.36. The lowest BCUT2D eigenvalue weighted by molar-refractivity contribution is 0.469. The predicted octanol–water partition coefficient (Wildman–Crippen LogP) is 1.26. The number of aromatic nitrogens is 1. The number of nitrogens with one attached hydrogen (secondary N) is 1. The molecule has 70 valence electrons. The van der Waals surface area contributed by atoms with Gasteiger partial charge in [0.25, 0.3) is 0 Å². The van der Waals surface area contributed by atoms with Gasteiger partial charge in [-0.05, 0) is 6.42 Å². The second-order valence-electron chi connectivity index (χ2n) is 3.13. The summed E-state index contributed by atoms with van der Waals surface area (Å²) in [6.07, 6.45) is 3.97. The van der Waals surface area contributed by atoms with E-state index in [4.69, 9.17) is 4.42 Å². The summed E-state index contributed by atoms with van der Waals surface area (Å²) in [6, 6.07) is 0. The van der Waals surface area contributed by atoms with Crippen LogP contribution in [0.15, 0.2) is 15.6 Å². The Kier molecular flexibility index (Phi) is 2.29. The third-order valence-corrected chi connectivity index (χ3v) is 2.01. The first kappa shape index (κ1) is 8.29. The zero-order chi connectivity index (χ0) is 9.10. The van der Waals surface area contributed by atoms with Gasteiger partial charge in [-0.25, -0.2) is 4.98 Å². The molecule has 1 aromatic heterocycles. The average Bonchev–Trinajstić information content (AvgIpc) is 2.71. The minimum atomic E-state index is 0.694. The maximum absolute atomic E-state index is 5.31. The highest BCUT2D eigenvalue weighted by molar-refractivity contribution is 5.83. The molecule has 0 radical (unpaired) electrons. The van der Waals surface area contributed by atoms with Crippen molar-refractivity contribution in [2.24, 2.45) is 4.99 Å². The number of amidine groups is 1. The molecule has 0 saturated heterocycles. The number of rotatable bonds is 2. The van der Waals surface area contributed by atoms with E-state index in [1.165, 1.54) is 0 Å². The van der Waals surface area contributed by atoms with Crippen LogP contribution in [-0.2, 0) is 6.54 Å². The average molecular weight is 179 g/mol. The molecule has 2 heterocycles. The molecule has 2 rings (SSSR count). The molecular weight excluding hydrogens is 166 g/mol. The molecular formula is C9H13N3O. The maximum Gasteiger partial charge on any atom is 0.191 e. The van der Waals surface area contributed by atoms with Gasteiger partial charge in [0.05, 0.1) is 18.6 Å². The first-order chi connectivity index (χ1) is 6.34. The number of nitrogens with zero attached hydrogens (tertiary/aromatic N) is 2. The summed E-state index contributed by atoms with van der Waals surface area (Å²) in [5.74, 6) is 2.67. The van der Waals surface area contributed by atoms with Crippen LogP contribution in [0, 0.1) is 6.92 Å². The van der Waals surface area contributed by atoms with Crippen molar-refractivity contribution < 1.29 is 4.42 Å². The van der Waals surface area contributed by atoms with Crippen LogP contribution in [0.3, 0.4) is 0 Å². The Bertz CT molecular complexity index is 316. The topological polar surface area (TPSA) is 50.4 Å². The lowest BCUT2D eigenvalue weighted by Crippen LogP contribution is -2.20. The zero-order valence-corrected chi connectivity index (χ0v) is 7.71. The number of oxazole rings is 1. The van der Waals surface area contributed by atoms with Crippen molar-refractivity contribution >= 4 is 5.84 Å². The summed E-state index contributed by atoms with van der Waals surface area (Å²) in [4.78, 5) is 8.32. The quantitative estimate of drug-likeness (QED) is 0.743. The Morgan fingerprint density at radius 2 is 2.54 bits per heavy atom. The van der Waals surface area contributed by atoms with Crippen LogP contribution in [0.2, 0.25) is 0 Å². The van der Waals surface area contributed by atoms with Crippen LogP contribution < -0.4 is 5.32 Å². The monoisotopic (exact) mass is 179 g/mol. The van der Waals surface area contributed by atoms with Crippen LogP contribution in [0.4, 0.5) is 0 Å². The van der Waals surface area contributed by atoms with E-state index in [0.29, 0.717) is 12.4 Å². The Morgan fingerprint density at radius 1 is 1.62 bits per heavy atom. The van der Waals surface area contributed by atoms with Crippen molar-refractivity contribution in [2.45, 2.75) is 26.3 Å². The van der Waals surface area contributed by atoms with Crippen LogP contribution in [0.5, 0.6) is 0 Å². The molecule has 4 heteroatoms. The van der Waals surface area contributed by atoms with Crippen molar-refractivity contribution in [3.8, 4) is 0 Å². The predicted molar refractivity (Wildman–Crippen MR) is 49.6 cm³/mol. The molecule has 1 N–H and O–H groups in total. The minimum absolute atomic E-state index is 0.694. The molecule has 0 saturated carbocycles. The van der Waals surface area contributed by atoms with Crippen molar-refractivity contribution in [3.63, 3.8) is 0 Å². The van der Waals surface area contributed by atoms with Crippen molar-refractivity contribution in [2.75, 3.05) is 6.54 Å². The van der Waals surface area contributed by atoms with E-state index in [0.717, 1.165) is 31.0 Å². The van der Waals surface area contributed by atoms with Crippen molar-refractivity contribution in [3.05, 3.63) is 17.8 Å². The van der Waals surface area contributed by atoms with Gasteiger partial charge in [-0.3, -0.25) is 4.99 Å². The largest absolute Gasteiger partial charge is 0.444 e. The van der Waals surface area contributed by atoms with E-state index in [-0.39, 0.29) is 0 Å². The minimum Gasteiger partial charge on any atom is -0.444 e. The van der Waals surface area contributed by atoms with E-state index in [9.17, 15) is 0 Å². The SMILES string of the molecule is Cc1ncc(CNC2=NCCC2)o1. The van der Waals surface area contributed by atoms with Crippen LogP contribution in [0.25, 0.3) is 0 Å². The molecule has 0 aliphatic carbocycles. The lowest BCUT2D eigenvalue weighted by Gasteiger charge is -2.01. The van der Waals surface area contributed by atoms with Gasteiger partial charge in [-0.15, -0.1) is 0 Å². The highest BCUT2D eigenvalue weighted by Gasteiger charge is 2.06. The lowest BCUT2D eigenvalue weighted by atomic mass is 10.3. The number of aliphatic imine (C=N–C) groups is 1. The van der Waals surface area contributed by atoms with Gasteiger partial charge in [-0.1, -0.05) is 0 Å². The molecule has 1 aliphatic heterocycles. The summed E-state index contributed by atoms with van der Waals surface area (Å²) in [7, 11) is 0. The molecule has 13 heavy (non-hydrogen) atoms. The Labute approximate surface area is 77.1 Å². The Balaban J connectivity index is 1.85. The van der Waals surface area contributed by atoms with Gasteiger partial charge in [0.1, 0.15) is 5.76 Å². The van der Waals surface area contributed by atoms with E-state index in [1.54, 1.807) is 6.20 Å². The molecule has 1 aliphatic rings. The van der Waals surface area contributed by atoms with E-state index in [1.807, 2.05) is 6.92 Å². The van der Waals surface area contributed by atoms with Gasteiger partial charge >= 0.3 is 0 Å². The third kappa shape index (κ3) is 2.08. The summed E-state index contributed by atoms with van der Waals surface area (Å²) < 4.78 is 5.31. The molecule has 1 aromatic rings.